The molecule has 1 N–H and O–H groups in total. The summed E-state index contributed by atoms with van der Waals surface area (Å²) in [7, 11) is 1.83. The summed E-state index contributed by atoms with van der Waals surface area (Å²) >= 11 is 11.9. The summed E-state index contributed by atoms with van der Waals surface area (Å²) < 4.78 is 12.9. The standard InChI is InChI=1S/C17H17Cl2FN2O/c1-11(22(2)10-12-3-6-14(20)7-4-12)17(23)21-16-8-5-13(18)9-15(16)19/h3-9,11H,10H2,1-2H3,(H,21,23)/t11-/m0/s1. The van der Waals surface area contributed by atoms with Crippen LogP contribution in [0.3, 0.4) is 0 Å². The lowest BCUT2D eigenvalue weighted by molar-refractivity contribution is -0.120. The molecule has 0 heterocycles. The van der Waals surface area contributed by atoms with Gasteiger partial charge >= 0.3 is 0 Å². The van der Waals surface area contributed by atoms with E-state index in [1.54, 1.807) is 37.3 Å². The summed E-state index contributed by atoms with van der Waals surface area (Å²) in [5, 5.41) is 3.68. The van der Waals surface area contributed by atoms with Gasteiger partial charge in [0.25, 0.3) is 0 Å². The van der Waals surface area contributed by atoms with E-state index in [1.807, 2.05) is 11.9 Å². The molecule has 0 spiro atoms. The molecule has 0 unspecified atom stereocenters. The number of benzene rings is 2. The third-order valence-corrected chi connectivity index (χ3v) is 4.12. The van der Waals surface area contributed by atoms with Crippen molar-refractivity contribution in [3.8, 4) is 0 Å². The third-order valence-electron chi connectivity index (χ3n) is 3.57. The summed E-state index contributed by atoms with van der Waals surface area (Å²) in [4.78, 5) is 14.2. The lowest BCUT2D eigenvalue weighted by Gasteiger charge is -2.24. The second kappa shape index (κ2) is 7.77. The largest absolute Gasteiger partial charge is 0.323 e. The van der Waals surface area contributed by atoms with Gasteiger partial charge in [0.2, 0.25) is 5.91 Å². The SMILES string of the molecule is C[C@@H](C(=O)Nc1ccc(Cl)cc1Cl)N(C)Cc1ccc(F)cc1. The molecule has 3 nitrogen and oxygen atoms in total. The molecule has 0 radical (unpaired) electrons. The zero-order valence-electron chi connectivity index (χ0n) is 12.8. The molecule has 2 aromatic rings. The Morgan fingerprint density at radius 2 is 1.87 bits per heavy atom. The van der Waals surface area contributed by atoms with Crippen molar-refractivity contribution < 1.29 is 9.18 Å². The van der Waals surface area contributed by atoms with Gasteiger partial charge in [-0.15, -0.1) is 0 Å². The molecule has 0 aliphatic rings. The van der Waals surface area contributed by atoms with Crippen molar-refractivity contribution >= 4 is 34.8 Å². The summed E-state index contributed by atoms with van der Waals surface area (Å²) in [6.07, 6.45) is 0. The molecule has 0 aliphatic heterocycles. The Labute approximate surface area is 145 Å². The van der Waals surface area contributed by atoms with Crippen molar-refractivity contribution in [2.75, 3.05) is 12.4 Å². The monoisotopic (exact) mass is 354 g/mol. The van der Waals surface area contributed by atoms with E-state index in [0.717, 1.165) is 5.56 Å². The molecule has 0 fully saturated rings. The van der Waals surface area contributed by atoms with Crippen molar-refractivity contribution in [3.05, 3.63) is 63.9 Å². The highest BCUT2D eigenvalue weighted by atomic mass is 35.5. The minimum absolute atomic E-state index is 0.182. The van der Waals surface area contributed by atoms with Crippen LogP contribution in [0.1, 0.15) is 12.5 Å². The van der Waals surface area contributed by atoms with Crippen LogP contribution in [0.15, 0.2) is 42.5 Å². The van der Waals surface area contributed by atoms with Gasteiger partial charge in [-0.2, -0.15) is 0 Å². The summed E-state index contributed by atoms with van der Waals surface area (Å²) in [5.74, 6) is -0.460. The first-order chi connectivity index (χ1) is 10.9. The second-order valence-electron chi connectivity index (χ2n) is 5.33. The average Bonchev–Trinajstić information content (AvgIpc) is 2.51. The molecular formula is C17H17Cl2FN2O. The zero-order chi connectivity index (χ0) is 17.0. The van der Waals surface area contributed by atoms with Gasteiger partial charge in [0, 0.05) is 11.6 Å². The van der Waals surface area contributed by atoms with Crippen LogP contribution >= 0.6 is 23.2 Å². The molecule has 2 rings (SSSR count). The first-order valence-corrected chi connectivity index (χ1v) is 7.83. The number of amides is 1. The Balaban J connectivity index is 1.99. The predicted octanol–water partition coefficient (Wildman–Crippen LogP) is 4.59. The normalized spacial score (nSPS) is 12.3. The molecule has 1 amide bonds. The number of anilines is 1. The number of carbonyl (C=O) groups is 1. The minimum atomic E-state index is -0.383. The lowest BCUT2D eigenvalue weighted by Crippen LogP contribution is -2.39. The van der Waals surface area contributed by atoms with Crippen molar-refractivity contribution in [2.24, 2.45) is 0 Å². The highest BCUT2D eigenvalue weighted by Gasteiger charge is 2.19. The molecule has 0 bridgehead atoms. The number of likely N-dealkylation sites (N-methyl/N-ethyl adjacent to an activating group) is 1. The maximum atomic E-state index is 12.9. The number of nitrogens with zero attached hydrogens (tertiary/aromatic N) is 1. The van der Waals surface area contributed by atoms with Crippen LogP contribution in [0.2, 0.25) is 10.0 Å². The zero-order valence-corrected chi connectivity index (χ0v) is 14.3. The first kappa shape index (κ1) is 17.7. The molecule has 2 aromatic carbocycles. The third kappa shape index (κ3) is 4.93. The predicted molar refractivity (Wildman–Crippen MR) is 92.4 cm³/mol. The van der Waals surface area contributed by atoms with E-state index in [4.69, 9.17) is 23.2 Å². The average molecular weight is 355 g/mol. The smallest absolute Gasteiger partial charge is 0.241 e. The molecule has 0 saturated carbocycles. The second-order valence-corrected chi connectivity index (χ2v) is 6.17. The minimum Gasteiger partial charge on any atom is -0.323 e. The Bertz CT molecular complexity index is 691. The van der Waals surface area contributed by atoms with Gasteiger partial charge in [-0.3, -0.25) is 9.69 Å². The van der Waals surface area contributed by atoms with E-state index in [9.17, 15) is 9.18 Å². The van der Waals surface area contributed by atoms with Crippen molar-refractivity contribution in [1.82, 2.24) is 4.90 Å². The molecule has 0 saturated heterocycles. The van der Waals surface area contributed by atoms with Gasteiger partial charge in [-0.25, -0.2) is 4.39 Å². The molecule has 122 valence electrons. The number of nitrogens with one attached hydrogen (secondary N) is 1. The Kier molecular flexibility index (Phi) is 5.99. The highest BCUT2D eigenvalue weighted by molar-refractivity contribution is 6.36. The number of hydrogen-bond acceptors (Lipinski definition) is 2. The molecule has 23 heavy (non-hydrogen) atoms. The maximum Gasteiger partial charge on any atom is 0.241 e. The fourth-order valence-electron chi connectivity index (χ4n) is 2.04. The molecule has 0 aromatic heterocycles. The molecule has 6 heteroatoms. The van der Waals surface area contributed by atoms with E-state index >= 15 is 0 Å². The van der Waals surface area contributed by atoms with Crippen LogP contribution in [0.5, 0.6) is 0 Å². The van der Waals surface area contributed by atoms with Gasteiger partial charge in [0.15, 0.2) is 0 Å². The van der Waals surface area contributed by atoms with Gasteiger partial charge in [-0.05, 0) is 49.9 Å². The van der Waals surface area contributed by atoms with E-state index in [-0.39, 0.29) is 17.8 Å². The van der Waals surface area contributed by atoms with Crippen molar-refractivity contribution in [3.63, 3.8) is 0 Å². The van der Waals surface area contributed by atoms with Crippen molar-refractivity contribution in [1.29, 1.82) is 0 Å². The van der Waals surface area contributed by atoms with E-state index in [1.165, 1.54) is 12.1 Å². The molecule has 0 aliphatic carbocycles. The molecule has 1 atom stereocenters. The highest BCUT2D eigenvalue weighted by Crippen LogP contribution is 2.25. The van der Waals surface area contributed by atoms with Gasteiger partial charge < -0.3 is 5.32 Å². The number of carbonyl (C=O) groups excluding carboxylic acids is 1. The summed E-state index contributed by atoms with van der Waals surface area (Å²) in [6, 6.07) is 10.7. The van der Waals surface area contributed by atoms with Crippen LogP contribution in [0.25, 0.3) is 0 Å². The Morgan fingerprint density at radius 1 is 1.22 bits per heavy atom. The van der Waals surface area contributed by atoms with E-state index < -0.39 is 0 Å². The number of hydrogen-bond donors (Lipinski definition) is 1. The Morgan fingerprint density at radius 3 is 2.48 bits per heavy atom. The summed E-state index contributed by atoms with van der Waals surface area (Å²) in [6.45, 7) is 2.33. The summed E-state index contributed by atoms with van der Waals surface area (Å²) in [5.41, 5.74) is 1.45. The van der Waals surface area contributed by atoms with E-state index in [2.05, 4.69) is 5.32 Å². The lowest BCUT2D eigenvalue weighted by atomic mass is 10.2. The van der Waals surface area contributed by atoms with Crippen LogP contribution < -0.4 is 5.32 Å². The van der Waals surface area contributed by atoms with Crippen LogP contribution in [0, 0.1) is 5.82 Å². The van der Waals surface area contributed by atoms with Crippen LogP contribution in [-0.2, 0) is 11.3 Å². The van der Waals surface area contributed by atoms with Crippen LogP contribution in [0.4, 0.5) is 10.1 Å². The van der Waals surface area contributed by atoms with Crippen LogP contribution in [-0.4, -0.2) is 23.9 Å². The fourth-order valence-corrected chi connectivity index (χ4v) is 2.50. The van der Waals surface area contributed by atoms with Crippen molar-refractivity contribution in [2.45, 2.75) is 19.5 Å². The number of rotatable bonds is 5. The maximum absolute atomic E-state index is 12.9. The first-order valence-electron chi connectivity index (χ1n) is 7.07. The van der Waals surface area contributed by atoms with Gasteiger partial charge in [-0.1, -0.05) is 35.3 Å². The Hall–Kier alpha value is -1.62. The number of halogens is 3. The van der Waals surface area contributed by atoms with E-state index in [0.29, 0.717) is 22.3 Å². The van der Waals surface area contributed by atoms with Gasteiger partial charge in [0.1, 0.15) is 5.82 Å². The quantitative estimate of drug-likeness (QED) is 0.851. The fraction of sp³-hybridized carbons (Fsp3) is 0.235. The topological polar surface area (TPSA) is 32.3 Å². The molecular weight excluding hydrogens is 338 g/mol. The van der Waals surface area contributed by atoms with Gasteiger partial charge in [0.05, 0.1) is 16.8 Å².